The van der Waals surface area contributed by atoms with E-state index in [4.69, 9.17) is 23.4 Å². The van der Waals surface area contributed by atoms with Gasteiger partial charge in [-0.05, 0) is 29.8 Å². The number of ether oxygens (including phenoxy) is 4. The Labute approximate surface area is 216 Å². The average Bonchev–Trinajstić information content (AvgIpc) is 2.90. The van der Waals surface area contributed by atoms with E-state index < -0.39 is 30.0 Å². The van der Waals surface area contributed by atoms with Crippen LogP contribution < -0.4 is 24.4 Å². The molecule has 0 saturated heterocycles. The second kappa shape index (κ2) is 10.8. The molecule has 11 heteroatoms. The molecule has 11 nitrogen and oxygen atoms in total. The van der Waals surface area contributed by atoms with Crippen LogP contribution in [0.4, 0.5) is 0 Å². The molecule has 0 spiro atoms. The van der Waals surface area contributed by atoms with E-state index in [1.165, 1.54) is 63.8 Å². The number of hydrogen-bond acceptors (Lipinski definition) is 11. The van der Waals surface area contributed by atoms with Gasteiger partial charge >= 0.3 is 0 Å². The zero-order valence-corrected chi connectivity index (χ0v) is 20.7. The summed E-state index contributed by atoms with van der Waals surface area (Å²) in [6.07, 6.45) is -2.51. The predicted molar refractivity (Wildman–Crippen MR) is 135 cm³/mol. The van der Waals surface area contributed by atoms with Crippen molar-refractivity contribution in [3.63, 3.8) is 0 Å². The molecular weight excluding hydrogens is 500 g/mol. The first-order valence-corrected chi connectivity index (χ1v) is 11.3. The van der Waals surface area contributed by atoms with E-state index in [-0.39, 0.29) is 51.2 Å². The lowest BCUT2D eigenvalue weighted by atomic mass is 10.0. The topological polar surface area (TPSA) is 168 Å². The van der Waals surface area contributed by atoms with Gasteiger partial charge in [0.2, 0.25) is 5.75 Å². The van der Waals surface area contributed by atoms with Gasteiger partial charge in [-0.25, -0.2) is 0 Å². The summed E-state index contributed by atoms with van der Waals surface area (Å²) in [5.41, 5.74) is 0.0933. The molecule has 3 aromatic carbocycles. The van der Waals surface area contributed by atoms with Crippen molar-refractivity contribution in [3.05, 3.63) is 64.3 Å². The number of phenols is 3. The van der Waals surface area contributed by atoms with Crippen LogP contribution in [0.15, 0.2) is 57.7 Å². The monoisotopic (exact) mass is 526 g/mol. The summed E-state index contributed by atoms with van der Waals surface area (Å²) in [7, 11) is 4.10. The Hall–Kier alpha value is -4.61. The van der Waals surface area contributed by atoms with Crippen molar-refractivity contribution in [2.45, 2.75) is 12.2 Å². The third-order valence-electron chi connectivity index (χ3n) is 5.89. The largest absolute Gasteiger partial charge is 0.508 e. The summed E-state index contributed by atoms with van der Waals surface area (Å²) in [6.45, 7) is -0.592. The van der Waals surface area contributed by atoms with Gasteiger partial charge in [0.1, 0.15) is 34.3 Å². The number of benzene rings is 3. The van der Waals surface area contributed by atoms with Crippen molar-refractivity contribution in [3.8, 4) is 51.6 Å². The van der Waals surface area contributed by atoms with Gasteiger partial charge < -0.3 is 48.9 Å². The Morgan fingerprint density at radius 1 is 0.842 bits per heavy atom. The van der Waals surface area contributed by atoms with E-state index in [2.05, 4.69) is 0 Å². The number of methoxy groups -OCH3 is 3. The Balaban J connectivity index is 1.75. The number of fused-ring (bicyclic) bond motifs is 1. The third kappa shape index (κ3) is 4.97. The molecule has 38 heavy (non-hydrogen) atoms. The van der Waals surface area contributed by atoms with Crippen LogP contribution in [0.5, 0.6) is 40.2 Å². The molecule has 0 bridgehead atoms. The predicted octanol–water partition coefficient (Wildman–Crippen LogP) is 3.08. The Morgan fingerprint density at radius 2 is 1.50 bits per heavy atom. The molecule has 0 amide bonds. The highest BCUT2D eigenvalue weighted by Gasteiger charge is 2.27. The fraction of sp³-hybridized carbons (Fsp3) is 0.222. The van der Waals surface area contributed by atoms with E-state index in [1.54, 1.807) is 0 Å². The molecule has 4 aromatic rings. The molecule has 0 aliphatic heterocycles. The number of phenolic OH excluding ortho intramolecular Hbond substituents is 3. The van der Waals surface area contributed by atoms with Crippen molar-refractivity contribution in [1.29, 1.82) is 0 Å². The van der Waals surface area contributed by atoms with Crippen LogP contribution in [-0.4, -0.2) is 59.6 Å². The highest BCUT2D eigenvalue weighted by atomic mass is 16.6. The molecule has 0 radical (unpaired) electrons. The lowest BCUT2D eigenvalue weighted by Crippen LogP contribution is -2.29. The molecule has 0 aliphatic rings. The van der Waals surface area contributed by atoms with Crippen LogP contribution in [0.3, 0.4) is 0 Å². The van der Waals surface area contributed by atoms with Crippen molar-refractivity contribution in [2.75, 3.05) is 27.9 Å². The van der Waals surface area contributed by atoms with Crippen LogP contribution >= 0.6 is 0 Å². The summed E-state index contributed by atoms with van der Waals surface area (Å²) in [5, 5.41) is 50.5. The molecule has 200 valence electrons. The third-order valence-corrected chi connectivity index (χ3v) is 5.89. The summed E-state index contributed by atoms with van der Waals surface area (Å²) in [6, 6.07) is 10.6. The van der Waals surface area contributed by atoms with E-state index in [1.807, 2.05) is 0 Å². The number of aliphatic hydroxyl groups excluding tert-OH is 2. The number of aromatic hydroxyl groups is 3. The first-order valence-electron chi connectivity index (χ1n) is 11.3. The normalized spacial score (nSPS) is 12.7. The fourth-order valence-electron chi connectivity index (χ4n) is 3.98. The number of aliphatic hydroxyl groups is 2. The molecule has 1 heterocycles. The quantitative estimate of drug-likeness (QED) is 0.217. The average molecular weight is 526 g/mol. The second-order valence-electron chi connectivity index (χ2n) is 8.24. The summed E-state index contributed by atoms with van der Waals surface area (Å²) >= 11 is 0. The molecule has 0 saturated carbocycles. The molecule has 4 rings (SSSR count). The highest BCUT2D eigenvalue weighted by molar-refractivity contribution is 5.86. The second-order valence-corrected chi connectivity index (χ2v) is 8.24. The SMILES string of the molecule is COc1cc([C@@H](O)[C@@H](CO)Oc2c(OC)cc(-c3cc(=O)c4c(O)cc(O)cc4o3)cc2OC)ccc1O. The van der Waals surface area contributed by atoms with E-state index in [9.17, 15) is 30.3 Å². The van der Waals surface area contributed by atoms with E-state index in [0.717, 1.165) is 6.07 Å². The first kappa shape index (κ1) is 26.5. The maximum atomic E-state index is 12.7. The minimum Gasteiger partial charge on any atom is -0.508 e. The van der Waals surface area contributed by atoms with Gasteiger partial charge in [0.25, 0.3) is 0 Å². The molecule has 2 atom stereocenters. The zero-order valence-electron chi connectivity index (χ0n) is 20.7. The van der Waals surface area contributed by atoms with Crippen molar-refractivity contribution in [2.24, 2.45) is 0 Å². The Kier molecular flexibility index (Phi) is 7.51. The molecular formula is C27H26O11. The van der Waals surface area contributed by atoms with Crippen molar-refractivity contribution >= 4 is 11.0 Å². The van der Waals surface area contributed by atoms with E-state index >= 15 is 0 Å². The smallest absolute Gasteiger partial charge is 0.204 e. The molecule has 5 N–H and O–H groups in total. The number of hydrogen-bond donors (Lipinski definition) is 5. The van der Waals surface area contributed by atoms with Gasteiger partial charge in [0.15, 0.2) is 34.5 Å². The van der Waals surface area contributed by atoms with Crippen LogP contribution in [0, 0.1) is 0 Å². The minimum atomic E-state index is -1.33. The standard InChI is InChI=1S/C27H26O11/c1-34-20-6-13(4-5-16(20)30)26(33)24(12-28)38-27-22(35-2)7-14(8-23(27)36-3)19-11-18(32)25-17(31)9-15(29)10-21(25)37-19/h4-11,24,26,28-31,33H,12H2,1-3H3/t24-,26-/m1/s1. The van der Waals surface area contributed by atoms with Gasteiger partial charge in [-0.1, -0.05) is 6.07 Å². The molecule has 0 unspecified atom stereocenters. The maximum Gasteiger partial charge on any atom is 0.204 e. The van der Waals surface area contributed by atoms with Gasteiger partial charge in [-0.15, -0.1) is 0 Å². The van der Waals surface area contributed by atoms with Gasteiger partial charge in [0, 0.05) is 23.8 Å². The summed E-state index contributed by atoms with van der Waals surface area (Å²) in [4.78, 5) is 12.7. The lowest BCUT2D eigenvalue weighted by molar-refractivity contribution is -0.00173. The van der Waals surface area contributed by atoms with Crippen LogP contribution in [-0.2, 0) is 0 Å². The van der Waals surface area contributed by atoms with Gasteiger partial charge in [-0.2, -0.15) is 0 Å². The van der Waals surface area contributed by atoms with Crippen LogP contribution in [0.1, 0.15) is 11.7 Å². The Morgan fingerprint density at radius 3 is 2.11 bits per heavy atom. The first-order chi connectivity index (χ1) is 18.2. The van der Waals surface area contributed by atoms with Crippen LogP contribution in [0.2, 0.25) is 0 Å². The maximum absolute atomic E-state index is 12.7. The van der Waals surface area contributed by atoms with Crippen LogP contribution in [0.25, 0.3) is 22.3 Å². The Bertz CT molecular complexity index is 1500. The summed E-state index contributed by atoms with van der Waals surface area (Å²) < 4.78 is 27.7. The van der Waals surface area contributed by atoms with Crippen molar-refractivity contribution in [1.82, 2.24) is 0 Å². The fourth-order valence-corrected chi connectivity index (χ4v) is 3.98. The zero-order chi connectivity index (χ0) is 27.6. The van der Waals surface area contributed by atoms with E-state index in [0.29, 0.717) is 11.1 Å². The van der Waals surface area contributed by atoms with Crippen molar-refractivity contribution < 1.29 is 48.9 Å². The molecule has 0 fully saturated rings. The molecule has 1 aromatic heterocycles. The summed E-state index contributed by atoms with van der Waals surface area (Å²) in [5.74, 6) is -0.268. The molecule has 0 aliphatic carbocycles. The van der Waals surface area contributed by atoms with Gasteiger partial charge in [0.05, 0.1) is 27.9 Å². The number of rotatable bonds is 9. The minimum absolute atomic E-state index is 0.0314. The lowest BCUT2D eigenvalue weighted by Gasteiger charge is -2.25. The highest BCUT2D eigenvalue weighted by Crippen LogP contribution is 2.43. The van der Waals surface area contributed by atoms with Gasteiger partial charge in [-0.3, -0.25) is 4.79 Å².